The van der Waals surface area contributed by atoms with Crippen molar-refractivity contribution in [2.75, 3.05) is 30.2 Å². The molecule has 0 aliphatic carbocycles. The Labute approximate surface area is 112 Å². The van der Waals surface area contributed by atoms with Gasteiger partial charge in [-0.2, -0.15) is 0 Å². The van der Waals surface area contributed by atoms with E-state index >= 15 is 0 Å². The van der Waals surface area contributed by atoms with E-state index in [0.717, 1.165) is 6.26 Å². The van der Waals surface area contributed by atoms with Crippen molar-refractivity contribution < 1.29 is 17.9 Å². The van der Waals surface area contributed by atoms with Crippen LogP contribution in [-0.2, 0) is 14.6 Å². The average molecular weight is 286 g/mol. The quantitative estimate of drug-likeness (QED) is 0.761. The fourth-order valence-corrected chi connectivity index (χ4v) is 2.19. The third kappa shape index (κ3) is 5.60. The number of nitrogen functional groups attached to an aromatic ring is 1. The van der Waals surface area contributed by atoms with Gasteiger partial charge >= 0.3 is 0 Å². The van der Waals surface area contributed by atoms with Gasteiger partial charge in [-0.15, -0.1) is 0 Å². The van der Waals surface area contributed by atoms with Crippen LogP contribution in [0.1, 0.15) is 12.8 Å². The van der Waals surface area contributed by atoms with Crippen LogP contribution >= 0.6 is 0 Å². The van der Waals surface area contributed by atoms with Crippen molar-refractivity contribution in [2.45, 2.75) is 12.8 Å². The third-order valence-electron chi connectivity index (χ3n) is 2.42. The van der Waals surface area contributed by atoms with Crippen LogP contribution < -0.4 is 15.8 Å². The van der Waals surface area contributed by atoms with Gasteiger partial charge in [0.1, 0.15) is 15.6 Å². The smallest absolute Gasteiger partial charge is 0.224 e. The first kappa shape index (κ1) is 15.3. The number of nitrogens with one attached hydrogen (secondary N) is 1. The zero-order valence-corrected chi connectivity index (χ0v) is 11.8. The molecule has 1 aromatic carbocycles. The van der Waals surface area contributed by atoms with Crippen LogP contribution in [0.25, 0.3) is 0 Å². The molecule has 19 heavy (non-hydrogen) atoms. The minimum absolute atomic E-state index is 0.000702. The monoisotopic (exact) mass is 286 g/mol. The van der Waals surface area contributed by atoms with Gasteiger partial charge in [0.15, 0.2) is 0 Å². The summed E-state index contributed by atoms with van der Waals surface area (Å²) in [6, 6.07) is 4.89. The fraction of sp³-hybridized carbons (Fsp3) is 0.417. The summed E-state index contributed by atoms with van der Waals surface area (Å²) in [6.07, 6.45) is 1.58. The first-order chi connectivity index (χ1) is 8.81. The summed E-state index contributed by atoms with van der Waals surface area (Å²) in [7, 11) is -1.55. The van der Waals surface area contributed by atoms with E-state index < -0.39 is 9.84 Å². The number of nitrogens with two attached hydrogens (primary N) is 1. The highest BCUT2D eigenvalue weighted by Gasteiger charge is 2.09. The summed E-state index contributed by atoms with van der Waals surface area (Å²) in [6.45, 7) is 0. The van der Waals surface area contributed by atoms with Gasteiger partial charge in [0.25, 0.3) is 0 Å². The Kier molecular flexibility index (Phi) is 5.17. The lowest BCUT2D eigenvalue weighted by atomic mass is 10.2. The van der Waals surface area contributed by atoms with Crippen molar-refractivity contribution >= 4 is 27.1 Å². The van der Waals surface area contributed by atoms with Crippen LogP contribution in [0.15, 0.2) is 18.2 Å². The maximum absolute atomic E-state index is 11.7. The van der Waals surface area contributed by atoms with E-state index in [1.807, 2.05) is 0 Å². The molecule has 1 rings (SSSR count). The van der Waals surface area contributed by atoms with Crippen LogP contribution in [0, 0.1) is 0 Å². The number of anilines is 2. The highest BCUT2D eigenvalue weighted by Crippen LogP contribution is 2.26. The second kappa shape index (κ2) is 6.42. The van der Waals surface area contributed by atoms with Crippen molar-refractivity contribution in [1.29, 1.82) is 0 Å². The Balaban J connectivity index is 2.57. The third-order valence-corrected chi connectivity index (χ3v) is 3.45. The molecule has 0 aliphatic rings. The molecule has 0 saturated heterocycles. The normalized spacial score (nSPS) is 11.1. The minimum Gasteiger partial charge on any atom is -0.494 e. The Hall–Kier alpha value is -1.76. The number of hydrogen-bond donors (Lipinski definition) is 2. The molecule has 6 nitrogen and oxygen atoms in total. The Morgan fingerprint density at radius 2 is 2.11 bits per heavy atom. The number of sulfone groups is 1. The summed E-state index contributed by atoms with van der Waals surface area (Å²) in [5, 5.41) is 2.66. The number of hydrogen-bond acceptors (Lipinski definition) is 5. The Morgan fingerprint density at radius 3 is 2.68 bits per heavy atom. The van der Waals surface area contributed by atoms with E-state index in [2.05, 4.69) is 5.32 Å². The molecule has 106 valence electrons. The first-order valence-corrected chi connectivity index (χ1v) is 7.79. The lowest BCUT2D eigenvalue weighted by Gasteiger charge is -2.10. The number of ether oxygens (including phenoxy) is 1. The summed E-state index contributed by atoms with van der Waals surface area (Å²) in [5.74, 6) is 0.211. The van der Waals surface area contributed by atoms with E-state index in [-0.39, 0.29) is 18.1 Å². The zero-order chi connectivity index (χ0) is 14.5. The van der Waals surface area contributed by atoms with Crippen molar-refractivity contribution in [3.63, 3.8) is 0 Å². The number of benzene rings is 1. The van der Waals surface area contributed by atoms with Gasteiger partial charge < -0.3 is 15.8 Å². The summed E-state index contributed by atoms with van der Waals surface area (Å²) in [5.41, 5.74) is 6.65. The van der Waals surface area contributed by atoms with Gasteiger partial charge in [0, 0.05) is 24.4 Å². The summed E-state index contributed by atoms with van der Waals surface area (Å²) >= 11 is 0. The average Bonchev–Trinajstić information content (AvgIpc) is 2.29. The van der Waals surface area contributed by atoms with Gasteiger partial charge in [-0.05, 0) is 18.6 Å². The predicted molar refractivity (Wildman–Crippen MR) is 75.0 cm³/mol. The predicted octanol–water partition coefficient (Wildman–Crippen LogP) is 1.04. The second-order valence-corrected chi connectivity index (χ2v) is 6.50. The molecule has 0 aliphatic heterocycles. The second-order valence-electron chi connectivity index (χ2n) is 4.24. The van der Waals surface area contributed by atoms with Crippen molar-refractivity contribution in [2.24, 2.45) is 0 Å². The van der Waals surface area contributed by atoms with Crippen LogP contribution in [0.2, 0.25) is 0 Å². The molecule has 0 spiro atoms. The highest BCUT2D eigenvalue weighted by molar-refractivity contribution is 7.90. The molecule has 0 fully saturated rings. The maximum Gasteiger partial charge on any atom is 0.224 e. The van der Waals surface area contributed by atoms with Crippen LogP contribution in [-0.4, -0.2) is 33.4 Å². The summed E-state index contributed by atoms with van der Waals surface area (Å²) in [4.78, 5) is 11.7. The topological polar surface area (TPSA) is 98.5 Å². The van der Waals surface area contributed by atoms with Gasteiger partial charge in [-0.3, -0.25) is 4.79 Å². The molecule has 0 bridgehead atoms. The van der Waals surface area contributed by atoms with Gasteiger partial charge in [-0.25, -0.2) is 8.42 Å². The Morgan fingerprint density at radius 1 is 1.42 bits per heavy atom. The first-order valence-electron chi connectivity index (χ1n) is 5.73. The van der Waals surface area contributed by atoms with E-state index in [1.54, 1.807) is 18.2 Å². The van der Waals surface area contributed by atoms with Gasteiger partial charge in [0.2, 0.25) is 5.91 Å². The number of amides is 1. The van der Waals surface area contributed by atoms with Crippen molar-refractivity contribution in [1.82, 2.24) is 0 Å². The number of methoxy groups -OCH3 is 1. The zero-order valence-electron chi connectivity index (χ0n) is 11.0. The SMILES string of the molecule is COc1cc(N)ccc1NC(=O)CCCS(C)(=O)=O. The fourth-order valence-electron chi connectivity index (χ4n) is 1.52. The molecule has 1 aromatic rings. The van der Waals surface area contributed by atoms with Crippen LogP contribution in [0.3, 0.4) is 0 Å². The van der Waals surface area contributed by atoms with Crippen molar-refractivity contribution in [3.8, 4) is 5.75 Å². The molecule has 0 heterocycles. The lowest BCUT2D eigenvalue weighted by Crippen LogP contribution is -2.14. The molecule has 0 radical (unpaired) electrons. The largest absolute Gasteiger partial charge is 0.494 e. The van der Waals surface area contributed by atoms with E-state index in [0.29, 0.717) is 23.5 Å². The number of carbonyl (C=O) groups is 1. The Bertz CT molecular complexity index is 555. The molecule has 7 heteroatoms. The minimum atomic E-state index is -3.03. The number of rotatable bonds is 6. The van der Waals surface area contributed by atoms with Crippen molar-refractivity contribution in [3.05, 3.63) is 18.2 Å². The molecule has 0 unspecified atom stereocenters. The number of carbonyl (C=O) groups excluding carboxylic acids is 1. The van der Waals surface area contributed by atoms with Gasteiger partial charge in [-0.1, -0.05) is 0 Å². The molecular weight excluding hydrogens is 268 g/mol. The maximum atomic E-state index is 11.7. The van der Waals surface area contributed by atoms with Crippen LogP contribution in [0.5, 0.6) is 5.75 Å². The molecule has 0 atom stereocenters. The highest BCUT2D eigenvalue weighted by atomic mass is 32.2. The van der Waals surface area contributed by atoms with E-state index in [1.165, 1.54) is 7.11 Å². The van der Waals surface area contributed by atoms with Crippen LogP contribution in [0.4, 0.5) is 11.4 Å². The molecule has 0 saturated carbocycles. The molecule has 0 aromatic heterocycles. The summed E-state index contributed by atoms with van der Waals surface area (Å²) < 4.78 is 27.0. The molecule has 3 N–H and O–H groups in total. The van der Waals surface area contributed by atoms with E-state index in [9.17, 15) is 13.2 Å². The standard InChI is InChI=1S/C12H18N2O4S/c1-18-11-8-9(13)5-6-10(11)14-12(15)4-3-7-19(2,16)17/h5-6,8H,3-4,7,13H2,1-2H3,(H,14,15). The lowest BCUT2D eigenvalue weighted by molar-refractivity contribution is -0.116. The van der Waals surface area contributed by atoms with Gasteiger partial charge in [0.05, 0.1) is 18.6 Å². The molecular formula is C12H18N2O4S. The molecule has 1 amide bonds. The van der Waals surface area contributed by atoms with E-state index in [4.69, 9.17) is 10.5 Å².